The van der Waals surface area contributed by atoms with Gasteiger partial charge in [0, 0.05) is 0 Å². The number of ether oxygens (including phenoxy) is 1. The summed E-state index contributed by atoms with van der Waals surface area (Å²) in [5, 5.41) is 27.9. The minimum atomic E-state index is -3.85. The summed E-state index contributed by atoms with van der Waals surface area (Å²) in [4.78, 5) is -0.427. The van der Waals surface area contributed by atoms with Gasteiger partial charge in [-0.25, -0.2) is 8.42 Å². The highest BCUT2D eigenvalue weighted by Gasteiger charge is 2.19. The summed E-state index contributed by atoms with van der Waals surface area (Å²) in [6.07, 6.45) is 1.15. The lowest BCUT2D eigenvalue weighted by Gasteiger charge is -2.05. The van der Waals surface area contributed by atoms with Gasteiger partial charge < -0.3 is 14.9 Å². The number of phenols is 2. The van der Waals surface area contributed by atoms with Crippen LogP contribution in [-0.2, 0) is 15.6 Å². The molecule has 0 saturated heterocycles. The Hall–Kier alpha value is -2.98. The van der Waals surface area contributed by atoms with Crippen molar-refractivity contribution in [3.05, 3.63) is 58.5 Å². The van der Waals surface area contributed by atoms with Gasteiger partial charge in [0.2, 0.25) is 0 Å². The van der Waals surface area contributed by atoms with Crippen LogP contribution in [0.2, 0.25) is 0 Å². The van der Waals surface area contributed by atoms with E-state index in [1.165, 1.54) is 25.3 Å². The molecule has 0 aliphatic carbocycles. The maximum Gasteiger partial charge on any atom is 0.192 e. The quantitative estimate of drug-likeness (QED) is 0.637. The van der Waals surface area contributed by atoms with E-state index < -0.39 is 20.5 Å². The first-order valence-corrected chi connectivity index (χ1v) is 8.50. The van der Waals surface area contributed by atoms with Gasteiger partial charge >= 0.3 is 0 Å². The average molecular weight is 345 g/mol. The molecule has 0 heterocycles. The van der Waals surface area contributed by atoms with Crippen molar-refractivity contribution < 1.29 is 23.4 Å². The van der Waals surface area contributed by atoms with E-state index >= 15 is 0 Å². The van der Waals surface area contributed by atoms with Crippen molar-refractivity contribution in [2.24, 2.45) is 0 Å². The third kappa shape index (κ3) is 4.06. The molecule has 0 aromatic heterocycles. The molecular formula is C17H15NO5S. The van der Waals surface area contributed by atoms with Crippen LogP contribution in [0.1, 0.15) is 11.1 Å². The molecule has 0 unspecified atom stereocenters. The smallest absolute Gasteiger partial charge is 0.192 e. The van der Waals surface area contributed by atoms with Gasteiger partial charge in [-0.05, 0) is 41.5 Å². The van der Waals surface area contributed by atoms with E-state index in [2.05, 4.69) is 0 Å². The number of sulfone groups is 1. The summed E-state index contributed by atoms with van der Waals surface area (Å²) in [5.41, 5.74) is 0.811. The molecule has 0 spiro atoms. The second-order valence-corrected chi connectivity index (χ2v) is 6.93. The fourth-order valence-electron chi connectivity index (χ4n) is 1.99. The van der Waals surface area contributed by atoms with Gasteiger partial charge in [0.25, 0.3) is 0 Å². The number of benzene rings is 2. The van der Waals surface area contributed by atoms with Crippen LogP contribution in [0.25, 0.3) is 6.08 Å². The Morgan fingerprint density at radius 2 is 1.83 bits per heavy atom. The van der Waals surface area contributed by atoms with Gasteiger partial charge in [-0.15, -0.1) is 0 Å². The molecular weight excluding hydrogens is 330 g/mol. The zero-order chi connectivity index (χ0) is 17.7. The summed E-state index contributed by atoms with van der Waals surface area (Å²) in [6, 6.07) is 12.0. The third-order valence-electron chi connectivity index (χ3n) is 3.26. The number of nitriles is 1. The fraction of sp³-hybridized carbons (Fsp3) is 0.118. The van der Waals surface area contributed by atoms with Crippen molar-refractivity contribution in [3.63, 3.8) is 0 Å². The molecule has 0 amide bonds. The molecule has 124 valence electrons. The van der Waals surface area contributed by atoms with E-state index in [4.69, 9.17) is 4.74 Å². The zero-order valence-corrected chi connectivity index (χ0v) is 13.6. The molecule has 0 bridgehead atoms. The lowest BCUT2D eigenvalue weighted by Crippen LogP contribution is -2.06. The Morgan fingerprint density at radius 1 is 1.17 bits per heavy atom. The summed E-state index contributed by atoms with van der Waals surface area (Å²) in [7, 11) is -2.34. The van der Waals surface area contributed by atoms with Crippen molar-refractivity contribution >= 4 is 15.9 Å². The predicted octanol–water partition coefficient (Wildman–Crippen LogP) is 2.59. The Balaban J connectivity index is 2.31. The number of hydrogen-bond donors (Lipinski definition) is 2. The highest BCUT2D eigenvalue weighted by atomic mass is 32.2. The van der Waals surface area contributed by atoms with E-state index in [1.54, 1.807) is 30.3 Å². The molecule has 0 radical (unpaired) electrons. The number of aromatic hydroxyl groups is 2. The van der Waals surface area contributed by atoms with Crippen LogP contribution in [-0.4, -0.2) is 25.7 Å². The maximum atomic E-state index is 12.4. The fourth-order valence-corrected chi connectivity index (χ4v) is 3.23. The monoisotopic (exact) mass is 345 g/mol. The van der Waals surface area contributed by atoms with Crippen LogP contribution in [0.15, 0.2) is 47.4 Å². The van der Waals surface area contributed by atoms with Gasteiger partial charge in [-0.3, -0.25) is 0 Å². The summed E-state index contributed by atoms with van der Waals surface area (Å²) in [5.74, 6) is -0.451. The molecule has 2 N–H and O–H groups in total. The maximum absolute atomic E-state index is 12.4. The van der Waals surface area contributed by atoms with Gasteiger partial charge in [0.15, 0.2) is 21.3 Å². The topological polar surface area (TPSA) is 108 Å². The first kappa shape index (κ1) is 17.4. The van der Waals surface area contributed by atoms with E-state index in [1.807, 2.05) is 0 Å². The third-order valence-corrected chi connectivity index (χ3v) is 4.85. The van der Waals surface area contributed by atoms with Crippen LogP contribution in [0.4, 0.5) is 0 Å². The molecule has 2 aromatic carbocycles. The summed E-state index contributed by atoms with van der Waals surface area (Å²) < 4.78 is 29.8. The highest BCUT2D eigenvalue weighted by Crippen LogP contribution is 2.27. The summed E-state index contributed by atoms with van der Waals surface area (Å²) >= 11 is 0. The number of allylic oxidation sites excluding steroid dienone is 1. The highest BCUT2D eigenvalue weighted by molar-refractivity contribution is 7.95. The van der Waals surface area contributed by atoms with Crippen molar-refractivity contribution in [3.8, 4) is 23.3 Å². The van der Waals surface area contributed by atoms with Crippen molar-refractivity contribution in [1.29, 1.82) is 5.26 Å². The SMILES string of the molecule is COc1ccc(CS(=O)(=O)/C(C#N)=C\c2ccc(O)c(O)c2)cc1. The van der Waals surface area contributed by atoms with E-state index in [-0.39, 0.29) is 11.5 Å². The Labute approximate surface area is 139 Å². The molecule has 2 rings (SSSR count). The van der Waals surface area contributed by atoms with Crippen LogP contribution in [0.5, 0.6) is 17.2 Å². The van der Waals surface area contributed by atoms with Gasteiger partial charge in [0.1, 0.15) is 16.7 Å². The standard InChI is InChI=1S/C17H15NO5S/c1-23-14-5-2-12(3-6-14)11-24(21,22)15(10-18)8-13-4-7-16(19)17(20)9-13/h2-9,19-20H,11H2,1H3/b15-8-. The lowest BCUT2D eigenvalue weighted by atomic mass is 10.2. The lowest BCUT2D eigenvalue weighted by molar-refractivity contribution is 0.403. The summed E-state index contributed by atoms with van der Waals surface area (Å²) in [6.45, 7) is 0. The molecule has 0 aliphatic heterocycles. The number of nitrogens with zero attached hydrogens (tertiary/aromatic N) is 1. The molecule has 0 saturated carbocycles. The van der Waals surface area contributed by atoms with Crippen LogP contribution in [0, 0.1) is 11.3 Å². The van der Waals surface area contributed by atoms with Gasteiger partial charge in [-0.1, -0.05) is 18.2 Å². The number of hydrogen-bond acceptors (Lipinski definition) is 6. The second kappa shape index (κ2) is 7.06. The molecule has 2 aromatic rings. The Morgan fingerprint density at radius 3 is 2.38 bits per heavy atom. The van der Waals surface area contributed by atoms with Crippen LogP contribution >= 0.6 is 0 Å². The van der Waals surface area contributed by atoms with E-state index in [0.717, 1.165) is 6.08 Å². The minimum absolute atomic E-state index is 0.292. The number of phenolic OH excluding ortho intramolecular Hbond substituents is 2. The average Bonchev–Trinajstić information content (AvgIpc) is 2.56. The van der Waals surface area contributed by atoms with Gasteiger partial charge in [-0.2, -0.15) is 5.26 Å². The molecule has 24 heavy (non-hydrogen) atoms. The largest absolute Gasteiger partial charge is 0.504 e. The predicted molar refractivity (Wildman–Crippen MR) is 89.0 cm³/mol. The second-order valence-electron chi connectivity index (χ2n) is 4.98. The Kier molecular flexibility index (Phi) is 5.11. The number of methoxy groups -OCH3 is 1. The Bertz CT molecular complexity index is 909. The first-order valence-electron chi connectivity index (χ1n) is 6.85. The normalized spacial score (nSPS) is 11.8. The molecule has 0 aliphatic rings. The van der Waals surface area contributed by atoms with E-state index in [0.29, 0.717) is 16.9 Å². The zero-order valence-electron chi connectivity index (χ0n) is 12.8. The van der Waals surface area contributed by atoms with Gasteiger partial charge in [0.05, 0.1) is 12.9 Å². The van der Waals surface area contributed by atoms with Crippen molar-refractivity contribution in [2.75, 3.05) is 7.11 Å². The molecule has 7 heteroatoms. The molecule has 0 atom stereocenters. The van der Waals surface area contributed by atoms with Crippen LogP contribution < -0.4 is 4.74 Å². The van der Waals surface area contributed by atoms with E-state index in [9.17, 15) is 23.9 Å². The minimum Gasteiger partial charge on any atom is -0.504 e. The van der Waals surface area contributed by atoms with Crippen molar-refractivity contribution in [2.45, 2.75) is 5.75 Å². The van der Waals surface area contributed by atoms with Crippen molar-refractivity contribution in [1.82, 2.24) is 0 Å². The molecule has 6 nitrogen and oxygen atoms in total. The molecule has 0 fully saturated rings. The van der Waals surface area contributed by atoms with Crippen LogP contribution in [0.3, 0.4) is 0 Å². The number of rotatable bonds is 5. The first-order chi connectivity index (χ1) is 11.4.